The van der Waals surface area contributed by atoms with Gasteiger partial charge in [-0.15, -0.1) is 0 Å². The maximum Gasteiger partial charge on any atom is 0.120 e. The van der Waals surface area contributed by atoms with E-state index in [1.807, 2.05) is 12.1 Å². The van der Waals surface area contributed by atoms with E-state index in [0.29, 0.717) is 5.75 Å². The van der Waals surface area contributed by atoms with E-state index in [0.717, 1.165) is 48.5 Å². The van der Waals surface area contributed by atoms with Crippen molar-refractivity contribution in [3.63, 3.8) is 0 Å². The van der Waals surface area contributed by atoms with Crippen LogP contribution in [0.2, 0.25) is 0 Å². The highest BCUT2D eigenvalue weighted by Crippen LogP contribution is 2.37. The molecule has 142 valence electrons. The largest absolute Gasteiger partial charge is 0.508 e. The van der Waals surface area contributed by atoms with Crippen LogP contribution in [0.3, 0.4) is 0 Å². The summed E-state index contributed by atoms with van der Waals surface area (Å²) in [6, 6.07) is 6.07. The van der Waals surface area contributed by atoms with E-state index in [9.17, 15) is 5.11 Å². The van der Waals surface area contributed by atoms with Crippen LogP contribution >= 0.6 is 32.9 Å². The number of rotatable bonds is 6. The van der Waals surface area contributed by atoms with Gasteiger partial charge in [0.05, 0.1) is 4.88 Å². The third-order valence-electron chi connectivity index (χ3n) is 5.05. The summed E-state index contributed by atoms with van der Waals surface area (Å²) in [6.07, 6.45) is 4.59. The molecule has 0 spiro atoms. The first kappa shape index (κ1) is 20.0. The third-order valence-corrected chi connectivity index (χ3v) is 8.24. The number of aromatic hydroxyl groups is 1. The van der Waals surface area contributed by atoms with Crippen LogP contribution in [-0.4, -0.2) is 48.1 Å². The predicted octanol–water partition coefficient (Wildman–Crippen LogP) is 5.39. The molecule has 1 aliphatic rings. The van der Waals surface area contributed by atoms with E-state index in [1.54, 1.807) is 20.7 Å². The van der Waals surface area contributed by atoms with Gasteiger partial charge >= 0.3 is 0 Å². The van der Waals surface area contributed by atoms with Crippen LogP contribution in [-0.2, 0) is 13.0 Å². The topological polar surface area (TPSA) is 26.7 Å². The van der Waals surface area contributed by atoms with E-state index in [1.165, 1.54) is 35.3 Å². The summed E-state index contributed by atoms with van der Waals surface area (Å²) in [5.41, 5.74) is 3.55. The van der Waals surface area contributed by atoms with Crippen LogP contribution < -0.4 is 0 Å². The quantitative estimate of drug-likeness (QED) is 0.512. The highest BCUT2D eigenvalue weighted by atomic mass is 32.9. The Morgan fingerprint density at radius 2 is 2.00 bits per heavy atom. The van der Waals surface area contributed by atoms with Gasteiger partial charge in [0.1, 0.15) is 9.57 Å². The zero-order valence-corrected chi connectivity index (χ0v) is 18.1. The van der Waals surface area contributed by atoms with Crippen LogP contribution in [0, 0.1) is 3.82 Å². The maximum absolute atomic E-state index is 10.4. The summed E-state index contributed by atoms with van der Waals surface area (Å²) in [7, 11) is 5.67. The van der Waals surface area contributed by atoms with Crippen molar-refractivity contribution < 1.29 is 5.11 Å². The molecule has 1 N–H and O–H groups in total. The van der Waals surface area contributed by atoms with Crippen molar-refractivity contribution in [3.8, 4) is 16.2 Å². The van der Waals surface area contributed by atoms with Gasteiger partial charge in [-0.2, -0.15) is 0 Å². The van der Waals surface area contributed by atoms with Crippen molar-refractivity contribution in [1.82, 2.24) is 9.80 Å². The predicted molar refractivity (Wildman–Crippen MR) is 116 cm³/mol. The lowest BCUT2D eigenvalue weighted by Crippen LogP contribution is -2.28. The van der Waals surface area contributed by atoms with Gasteiger partial charge in [-0.1, -0.05) is 46.2 Å². The van der Waals surface area contributed by atoms with E-state index in [-0.39, 0.29) is 0 Å². The van der Waals surface area contributed by atoms with Crippen molar-refractivity contribution in [2.24, 2.45) is 0 Å². The molecular weight excluding hydrogens is 380 g/mol. The number of hydrogen-bond acceptors (Lipinski definition) is 6. The third kappa shape index (κ3) is 4.93. The molecule has 2 aromatic rings. The molecule has 1 aromatic heterocycles. The summed E-state index contributed by atoms with van der Waals surface area (Å²) in [4.78, 5) is 6.13. The minimum absolute atomic E-state index is 0.403. The highest BCUT2D eigenvalue weighted by molar-refractivity contribution is 7.80. The Kier molecular flexibility index (Phi) is 7.23. The summed E-state index contributed by atoms with van der Waals surface area (Å²) in [6.45, 7) is 7.42. The number of phenolic OH excluding ortho intramolecular Hbond substituents is 1. The first-order valence-corrected chi connectivity index (χ1v) is 12.0. The van der Waals surface area contributed by atoms with E-state index >= 15 is 0 Å². The van der Waals surface area contributed by atoms with Gasteiger partial charge in [0.2, 0.25) is 0 Å². The van der Waals surface area contributed by atoms with Crippen molar-refractivity contribution >= 4 is 32.9 Å². The lowest BCUT2D eigenvalue weighted by Gasteiger charge is -2.21. The van der Waals surface area contributed by atoms with E-state index < -0.39 is 0 Å². The molecule has 0 bridgehead atoms. The van der Waals surface area contributed by atoms with E-state index in [2.05, 4.69) is 29.8 Å². The molecule has 0 atom stereocenters. The van der Waals surface area contributed by atoms with Gasteiger partial charge in [-0.3, -0.25) is 4.90 Å². The summed E-state index contributed by atoms with van der Waals surface area (Å²) < 4.78 is 1.03. The number of benzene rings is 1. The molecule has 3 rings (SSSR count). The first-order valence-electron chi connectivity index (χ1n) is 9.43. The molecule has 26 heavy (non-hydrogen) atoms. The van der Waals surface area contributed by atoms with Crippen LogP contribution in [0.5, 0.6) is 5.75 Å². The lowest BCUT2D eigenvalue weighted by molar-refractivity contribution is 0.266. The summed E-state index contributed by atoms with van der Waals surface area (Å²) in [5, 5.41) is 10.4. The van der Waals surface area contributed by atoms with Crippen LogP contribution in [0.1, 0.15) is 37.3 Å². The Bertz CT molecular complexity index is 784. The molecule has 1 fully saturated rings. The molecule has 0 aliphatic carbocycles. The monoisotopic (exact) mass is 408 g/mol. The van der Waals surface area contributed by atoms with Gasteiger partial charge < -0.3 is 10.0 Å². The normalized spacial score (nSPS) is 16.7. The van der Waals surface area contributed by atoms with Crippen LogP contribution in [0.15, 0.2) is 18.2 Å². The Morgan fingerprint density at radius 1 is 1.15 bits per heavy atom. The average molecular weight is 409 g/mol. The second-order valence-electron chi connectivity index (χ2n) is 7.14. The molecule has 6 heteroatoms. The number of phenols is 1. The van der Waals surface area contributed by atoms with E-state index in [4.69, 9.17) is 12.2 Å². The molecule has 3 nitrogen and oxygen atoms in total. The molecule has 2 heterocycles. The average Bonchev–Trinajstić information content (AvgIpc) is 2.86. The number of nitrogens with zero attached hydrogens (tertiary/aromatic N) is 2. The Balaban J connectivity index is 1.83. The molecule has 0 amide bonds. The fourth-order valence-electron chi connectivity index (χ4n) is 3.42. The summed E-state index contributed by atoms with van der Waals surface area (Å²) in [5.74, 6) is 0.403. The Labute approximate surface area is 169 Å². The molecule has 1 aliphatic heterocycles. The van der Waals surface area contributed by atoms with Crippen LogP contribution in [0.25, 0.3) is 10.4 Å². The molecule has 0 radical (unpaired) electrons. The Morgan fingerprint density at radius 3 is 2.81 bits per heavy atom. The van der Waals surface area contributed by atoms with Crippen LogP contribution in [0.4, 0.5) is 0 Å². The SMILES string of the molecule is CCCCc1c(-c2ccc(O)c(CN3CCCN(C)CC3)c2)ssc1=S. The fraction of sp³-hybridized carbons (Fsp3) is 0.550. The minimum Gasteiger partial charge on any atom is -0.508 e. The fourth-order valence-corrected chi connectivity index (χ4v) is 6.42. The molecule has 1 saturated heterocycles. The molecule has 1 aromatic carbocycles. The maximum atomic E-state index is 10.4. The second-order valence-corrected chi connectivity index (χ2v) is 9.96. The summed E-state index contributed by atoms with van der Waals surface area (Å²) >= 11 is 5.57. The Hall–Kier alpha value is -0.790. The zero-order valence-electron chi connectivity index (χ0n) is 15.7. The minimum atomic E-state index is 0.403. The zero-order chi connectivity index (χ0) is 18.5. The number of likely N-dealkylation sites (N-methyl/N-ethyl adjacent to an activating group) is 1. The lowest BCUT2D eigenvalue weighted by atomic mass is 10.0. The first-order chi connectivity index (χ1) is 12.6. The highest BCUT2D eigenvalue weighted by Gasteiger charge is 2.16. The number of hydrogen-bond donors (Lipinski definition) is 1. The van der Waals surface area contributed by atoms with Gasteiger partial charge in [-0.25, -0.2) is 0 Å². The molecule has 0 saturated carbocycles. The smallest absolute Gasteiger partial charge is 0.120 e. The van der Waals surface area contributed by atoms with Crippen molar-refractivity contribution in [2.75, 3.05) is 33.2 Å². The van der Waals surface area contributed by atoms with Gasteiger partial charge in [-0.05, 0) is 68.7 Å². The van der Waals surface area contributed by atoms with Gasteiger partial charge in [0.15, 0.2) is 0 Å². The van der Waals surface area contributed by atoms with Crippen molar-refractivity contribution in [1.29, 1.82) is 0 Å². The van der Waals surface area contributed by atoms with Crippen molar-refractivity contribution in [2.45, 2.75) is 39.2 Å². The molecular formula is C20H28N2OS3. The van der Waals surface area contributed by atoms with Gasteiger partial charge in [0, 0.05) is 25.2 Å². The molecule has 0 unspecified atom stereocenters. The number of unbranched alkanes of at least 4 members (excludes halogenated alkanes) is 1. The van der Waals surface area contributed by atoms with Gasteiger partial charge in [0.25, 0.3) is 0 Å². The second kappa shape index (κ2) is 9.42. The standard InChI is InChI=1S/C20H28N2OS3/c1-3-4-6-17-19(25-26-20(17)24)15-7-8-18(23)16(13-15)14-22-10-5-9-21(2)11-12-22/h7-8,13,23H,3-6,9-12,14H2,1-2H3. The van der Waals surface area contributed by atoms with Crippen molar-refractivity contribution in [3.05, 3.63) is 33.1 Å².